The second-order valence-electron chi connectivity index (χ2n) is 7.07. The topological polar surface area (TPSA) is 66.5 Å². The summed E-state index contributed by atoms with van der Waals surface area (Å²) in [5, 5.41) is 2.98. The van der Waals surface area contributed by atoms with Crippen molar-refractivity contribution in [1.29, 1.82) is 0 Å². The standard InChI is InChI=1S/C18H26N2O3S/c1-13-8-9-16(12-17(13)20-10-5-11-24(20,22)23)19-18(21)14(2)15-6-3-4-7-15/h8-9,12,14-15H,3-7,10-11H2,1-2H3,(H,19,21). The van der Waals surface area contributed by atoms with Crippen LogP contribution in [0, 0.1) is 18.8 Å². The molecule has 2 fully saturated rings. The van der Waals surface area contributed by atoms with Crippen LogP contribution in [0.1, 0.15) is 44.6 Å². The third-order valence-corrected chi connectivity index (χ3v) is 7.22. The van der Waals surface area contributed by atoms with E-state index in [9.17, 15) is 13.2 Å². The highest BCUT2D eigenvalue weighted by atomic mass is 32.2. The first-order valence-electron chi connectivity index (χ1n) is 8.80. The smallest absolute Gasteiger partial charge is 0.235 e. The first kappa shape index (κ1) is 17.3. The molecule has 1 atom stereocenters. The van der Waals surface area contributed by atoms with Gasteiger partial charge in [-0.3, -0.25) is 9.10 Å². The number of aryl methyl sites for hydroxylation is 1. The summed E-state index contributed by atoms with van der Waals surface area (Å²) in [5.74, 6) is 0.685. The summed E-state index contributed by atoms with van der Waals surface area (Å²) in [6.07, 6.45) is 5.32. The maximum absolute atomic E-state index is 12.5. The maximum Gasteiger partial charge on any atom is 0.235 e. The fourth-order valence-corrected chi connectivity index (χ4v) is 5.41. The van der Waals surface area contributed by atoms with E-state index in [0.29, 0.717) is 30.3 Å². The number of nitrogens with one attached hydrogen (secondary N) is 1. The fraction of sp³-hybridized carbons (Fsp3) is 0.611. The second-order valence-corrected chi connectivity index (χ2v) is 9.08. The van der Waals surface area contributed by atoms with Crippen LogP contribution in [-0.4, -0.2) is 26.6 Å². The lowest BCUT2D eigenvalue weighted by Crippen LogP contribution is -2.27. The van der Waals surface area contributed by atoms with Gasteiger partial charge in [0.1, 0.15) is 0 Å². The van der Waals surface area contributed by atoms with Gasteiger partial charge in [-0.1, -0.05) is 25.8 Å². The van der Waals surface area contributed by atoms with Crippen molar-refractivity contribution in [3.05, 3.63) is 23.8 Å². The van der Waals surface area contributed by atoms with Gasteiger partial charge < -0.3 is 5.32 Å². The normalized spacial score (nSPS) is 21.8. The first-order valence-corrected chi connectivity index (χ1v) is 10.4. The van der Waals surface area contributed by atoms with Gasteiger partial charge in [-0.05, 0) is 49.8 Å². The molecule has 0 bridgehead atoms. The fourth-order valence-electron chi connectivity index (χ4n) is 3.79. The number of carbonyl (C=O) groups is 1. The zero-order chi connectivity index (χ0) is 17.3. The molecule has 0 aromatic heterocycles. The highest BCUT2D eigenvalue weighted by molar-refractivity contribution is 7.93. The van der Waals surface area contributed by atoms with Crippen LogP contribution in [0.25, 0.3) is 0 Å². The Balaban J connectivity index is 1.77. The van der Waals surface area contributed by atoms with Crippen LogP contribution in [0.3, 0.4) is 0 Å². The lowest BCUT2D eigenvalue weighted by atomic mass is 9.92. The van der Waals surface area contributed by atoms with E-state index in [1.54, 1.807) is 6.07 Å². The average molecular weight is 350 g/mol. The van der Waals surface area contributed by atoms with Crippen molar-refractivity contribution >= 4 is 27.3 Å². The molecule has 1 unspecified atom stereocenters. The van der Waals surface area contributed by atoms with Gasteiger partial charge >= 0.3 is 0 Å². The van der Waals surface area contributed by atoms with E-state index in [0.717, 1.165) is 18.4 Å². The molecule has 1 amide bonds. The molecule has 1 saturated heterocycles. The molecule has 2 aliphatic rings. The lowest BCUT2D eigenvalue weighted by molar-refractivity contribution is -0.120. The molecule has 0 spiro atoms. The van der Waals surface area contributed by atoms with Crippen LogP contribution >= 0.6 is 0 Å². The minimum atomic E-state index is -3.22. The molecule has 132 valence electrons. The summed E-state index contributed by atoms with van der Waals surface area (Å²) >= 11 is 0. The van der Waals surface area contributed by atoms with Crippen LogP contribution in [0.15, 0.2) is 18.2 Å². The molecule has 1 saturated carbocycles. The highest BCUT2D eigenvalue weighted by Gasteiger charge is 2.30. The highest BCUT2D eigenvalue weighted by Crippen LogP contribution is 2.33. The zero-order valence-electron chi connectivity index (χ0n) is 14.4. The number of sulfonamides is 1. The molecule has 0 radical (unpaired) electrons. The third kappa shape index (κ3) is 3.43. The summed E-state index contributed by atoms with van der Waals surface area (Å²) in [5.41, 5.74) is 2.26. The summed E-state index contributed by atoms with van der Waals surface area (Å²) < 4.78 is 25.8. The van der Waals surface area contributed by atoms with Gasteiger partial charge in [-0.2, -0.15) is 0 Å². The van der Waals surface area contributed by atoms with Crippen LogP contribution < -0.4 is 9.62 Å². The Hall–Kier alpha value is -1.56. The van der Waals surface area contributed by atoms with E-state index >= 15 is 0 Å². The van der Waals surface area contributed by atoms with Gasteiger partial charge in [-0.15, -0.1) is 0 Å². The largest absolute Gasteiger partial charge is 0.326 e. The number of anilines is 2. The summed E-state index contributed by atoms with van der Waals surface area (Å²) in [7, 11) is -3.22. The zero-order valence-corrected chi connectivity index (χ0v) is 15.2. The van der Waals surface area contributed by atoms with Crippen molar-refractivity contribution in [3.8, 4) is 0 Å². The molecule has 3 rings (SSSR count). The monoisotopic (exact) mass is 350 g/mol. The van der Waals surface area contributed by atoms with Crippen molar-refractivity contribution < 1.29 is 13.2 Å². The van der Waals surface area contributed by atoms with Crippen LogP contribution in [0.5, 0.6) is 0 Å². The molecule has 1 heterocycles. The van der Waals surface area contributed by atoms with Crippen LogP contribution in [0.4, 0.5) is 11.4 Å². The van der Waals surface area contributed by atoms with E-state index in [4.69, 9.17) is 0 Å². The number of amides is 1. The van der Waals surface area contributed by atoms with Crippen molar-refractivity contribution in [2.75, 3.05) is 21.9 Å². The van der Waals surface area contributed by atoms with Crippen LogP contribution in [-0.2, 0) is 14.8 Å². The number of benzene rings is 1. The number of rotatable bonds is 4. The predicted octanol–water partition coefficient (Wildman–Crippen LogP) is 3.30. The predicted molar refractivity (Wildman–Crippen MR) is 96.7 cm³/mol. The first-order chi connectivity index (χ1) is 11.4. The average Bonchev–Trinajstić information content (AvgIpc) is 3.17. The number of hydrogen-bond acceptors (Lipinski definition) is 3. The summed E-state index contributed by atoms with van der Waals surface area (Å²) in [6.45, 7) is 4.40. The Morgan fingerprint density at radius 1 is 1.25 bits per heavy atom. The third-order valence-electron chi connectivity index (χ3n) is 5.37. The Labute approximate surface area is 144 Å². The molecular formula is C18H26N2O3S. The Bertz CT molecular complexity index is 724. The van der Waals surface area contributed by atoms with Gasteiger partial charge in [0, 0.05) is 18.2 Å². The quantitative estimate of drug-likeness (QED) is 0.906. The molecule has 1 aromatic carbocycles. The van der Waals surface area contributed by atoms with Gasteiger partial charge in [0.15, 0.2) is 0 Å². The van der Waals surface area contributed by atoms with Crippen LogP contribution in [0.2, 0.25) is 0 Å². The second kappa shape index (κ2) is 6.75. The molecule has 1 aliphatic heterocycles. The van der Waals surface area contributed by atoms with Gasteiger partial charge in [0.25, 0.3) is 0 Å². The van der Waals surface area contributed by atoms with E-state index < -0.39 is 10.0 Å². The van der Waals surface area contributed by atoms with Gasteiger partial charge in [0.05, 0.1) is 11.4 Å². The lowest BCUT2D eigenvalue weighted by Gasteiger charge is -2.22. The number of hydrogen-bond donors (Lipinski definition) is 1. The summed E-state index contributed by atoms with van der Waals surface area (Å²) in [6, 6.07) is 5.51. The van der Waals surface area contributed by atoms with E-state index in [1.165, 1.54) is 17.1 Å². The molecule has 1 aliphatic carbocycles. The minimum Gasteiger partial charge on any atom is -0.326 e. The van der Waals surface area contributed by atoms with Crippen molar-refractivity contribution in [2.24, 2.45) is 11.8 Å². The van der Waals surface area contributed by atoms with Crippen molar-refractivity contribution in [1.82, 2.24) is 0 Å². The van der Waals surface area contributed by atoms with Crippen molar-refractivity contribution in [2.45, 2.75) is 46.0 Å². The van der Waals surface area contributed by atoms with Crippen molar-refractivity contribution in [3.63, 3.8) is 0 Å². The Kier molecular flexibility index (Phi) is 4.85. The summed E-state index contributed by atoms with van der Waals surface area (Å²) in [4.78, 5) is 12.5. The molecule has 6 heteroatoms. The van der Waals surface area contributed by atoms with Gasteiger partial charge in [0.2, 0.25) is 15.9 Å². The molecule has 5 nitrogen and oxygen atoms in total. The Morgan fingerprint density at radius 2 is 1.96 bits per heavy atom. The van der Waals surface area contributed by atoms with E-state index in [1.807, 2.05) is 26.0 Å². The Morgan fingerprint density at radius 3 is 2.58 bits per heavy atom. The number of nitrogens with zero attached hydrogens (tertiary/aromatic N) is 1. The van der Waals surface area contributed by atoms with E-state index in [-0.39, 0.29) is 17.6 Å². The SMILES string of the molecule is Cc1ccc(NC(=O)C(C)C2CCCC2)cc1N1CCCS1(=O)=O. The maximum atomic E-state index is 12.5. The number of carbonyl (C=O) groups excluding carboxylic acids is 1. The minimum absolute atomic E-state index is 0.00669. The van der Waals surface area contributed by atoms with E-state index in [2.05, 4.69) is 5.32 Å². The molecule has 1 aromatic rings. The van der Waals surface area contributed by atoms with Gasteiger partial charge in [-0.25, -0.2) is 8.42 Å². The molecule has 24 heavy (non-hydrogen) atoms. The molecule has 1 N–H and O–H groups in total. The molecular weight excluding hydrogens is 324 g/mol.